The number of benzene rings is 1. The lowest BCUT2D eigenvalue weighted by Crippen LogP contribution is -2.33. The van der Waals surface area contributed by atoms with Gasteiger partial charge in [-0.2, -0.15) is 0 Å². The molecule has 4 nitrogen and oxygen atoms in total. The van der Waals surface area contributed by atoms with Crippen molar-refractivity contribution in [2.24, 2.45) is 0 Å². The minimum absolute atomic E-state index is 0.582. The molecule has 0 bridgehead atoms. The van der Waals surface area contributed by atoms with Crippen molar-refractivity contribution < 1.29 is 4.74 Å². The van der Waals surface area contributed by atoms with Crippen LogP contribution in [0.1, 0.15) is 28.8 Å². The normalized spacial score (nSPS) is 19.3. The summed E-state index contributed by atoms with van der Waals surface area (Å²) in [6.07, 6.45) is 4.41. The highest BCUT2D eigenvalue weighted by molar-refractivity contribution is 7.18. The van der Waals surface area contributed by atoms with Crippen molar-refractivity contribution in [3.63, 3.8) is 0 Å². The molecular weight excluding hydrogens is 326 g/mol. The first kappa shape index (κ1) is 15.1. The van der Waals surface area contributed by atoms with Crippen molar-refractivity contribution in [2.75, 3.05) is 20.2 Å². The molecule has 23 heavy (non-hydrogen) atoms. The summed E-state index contributed by atoms with van der Waals surface area (Å²) in [5.41, 5.74) is 1.07. The first-order valence-corrected chi connectivity index (χ1v) is 9.56. The summed E-state index contributed by atoms with van der Waals surface area (Å²) in [5.74, 6) is 1.48. The predicted molar refractivity (Wildman–Crippen MR) is 95.5 cm³/mol. The van der Waals surface area contributed by atoms with E-state index in [1.807, 2.05) is 18.3 Å². The summed E-state index contributed by atoms with van der Waals surface area (Å²) in [7, 11) is 1.70. The highest BCUT2D eigenvalue weighted by Crippen LogP contribution is 2.31. The van der Waals surface area contributed by atoms with Crippen LogP contribution in [0.25, 0.3) is 10.2 Å². The van der Waals surface area contributed by atoms with Crippen LogP contribution < -0.4 is 4.74 Å². The third-order valence-corrected chi connectivity index (χ3v) is 6.25. The summed E-state index contributed by atoms with van der Waals surface area (Å²) >= 11 is 3.55. The van der Waals surface area contributed by atoms with Crippen LogP contribution in [0, 0.1) is 0 Å². The Morgan fingerprint density at radius 2 is 2.35 bits per heavy atom. The van der Waals surface area contributed by atoms with Gasteiger partial charge in [-0.3, -0.25) is 4.90 Å². The molecule has 0 amide bonds. The van der Waals surface area contributed by atoms with Crippen LogP contribution >= 0.6 is 22.7 Å². The molecule has 2 aromatic heterocycles. The van der Waals surface area contributed by atoms with Crippen LogP contribution in [-0.2, 0) is 6.54 Å². The Kier molecular flexibility index (Phi) is 4.29. The van der Waals surface area contributed by atoms with Gasteiger partial charge in [0.2, 0.25) is 0 Å². The molecule has 1 saturated heterocycles. The lowest BCUT2D eigenvalue weighted by atomic mass is 9.99. The Labute approximate surface area is 143 Å². The molecule has 3 heterocycles. The van der Waals surface area contributed by atoms with E-state index in [1.54, 1.807) is 29.8 Å². The number of fused-ring (bicyclic) bond motifs is 1. The molecule has 1 atom stereocenters. The van der Waals surface area contributed by atoms with Crippen LogP contribution in [0.3, 0.4) is 0 Å². The lowest BCUT2D eigenvalue weighted by molar-refractivity contribution is 0.200. The first-order chi connectivity index (χ1) is 11.3. The van der Waals surface area contributed by atoms with E-state index in [0.29, 0.717) is 5.92 Å². The van der Waals surface area contributed by atoms with Gasteiger partial charge in [-0.15, -0.1) is 22.7 Å². The summed E-state index contributed by atoms with van der Waals surface area (Å²) in [6, 6.07) is 6.10. The van der Waals surface area contributed by atoms with Gasteiger partial charge in [0.25, 0.3) is 0 Å². The molecule has 0 N–H and O–H groups in total. The van der Waals surface area contributed by atoms with Crippen LogP contribution in [0.15, 0.2) is 29.8 Å². The second kappa shape index (κ2) is 6.55. The number of aromatic nitrogens is 2. The molecule has 1 fully saturated rings. The Bertz CT molecular complexity index is 784. The Morgan fingerprint density at radius 1 is 1.39 bits per heavy atom. The van der Waals surface area contributed by atoms with Crippen molar-refractivity contribution in [1.82, 2.24) is 14.9 Å². The molecule has 1 unspecified atom stereocenters. The topological polar surface area (TPSA) is 38.2 Å². The molecule has 0 spiro atoms. The standard InChI is InChI=1S/C17H19N3OS2/c1-21-13-4-5-14-15(9-13)23-16(19-14)11-20-7-2-3-12(10-20)17-18-6-8-22-17/h4-6,8-9,12H,2-3,7,10-11H2,1H3. The van der Waals surface area contributed by atoms with Gasteiger partial charge in [-0.25, -0.2) is 9.97 Å². The van der Waals surface area contributed by atoms with E-state index in [4.69, 9.17) is 9.72 Å². The molecule has 0 radical (unpaired) electrons. The maximum atomic E-state index is 5.30. The summed E-state index contributed by atoms with van der Waals surface area (Å²) in [6.45, 7) is 3.18. The lowest BCUT2D eigenvalue weighted by Gasteiger charge is -2.31. The van der Waals surface area contributed by atoms with Crippen LogP contribution in [-0.4, -0.2) is 35.1 Å². The zero-order valence-corrected chi connectivity index (χ0v) is 14.7. The van der Waals surface area contributed by atoms with E-state index in [-0.39, 0.29) is 0 Å². The van der Waals surface area contributed by atoms with Gasteiger partial charge in [0.05, 0.1) is 28.9 Å². The van der Waals surface area contributed by atoms with Gasteiger partial charge in [0.1, 0.15) is 10.8 Å². The zero-order valence-electron chi connectivity index (χ0n) is 13.1. The maximum Gasteiger partial charge on any atom is 0.120 e. The van der Waals surface area contributed by atoms with E-state index >= 15 is 0 Å². The Hall–Kier alpha value is -1.50. The highest BCUT2D eigenvalue weighted by atomic mass is 32.1. The number of hydrogen-bond acceptors (Lipinski definition) is 6. The van der Waals surface area contributed by atoms with Gasteiger partial charge in [-0.1, -0.05) is 0 Å². The van der Waals surface area contributed by atoms with Crippen LogP contribution in [0.5, 0.6) is 5.75 Å². The fourth-order valence-electron chi connectivity index (χ4n) is 3.18. The monoisotopic (exact) mass is 345 g/mol. The first-order valence-electron chi connectivity index (χ1n) is 7.87. The van der Waals surface area contributed by atoms with E-state index < -0.39 is 0 Å². The molecule has 120 valence electrons. The van der Waals surface area contributed by atoms with Crippen molar-refractivity contribution in [3.8, 4) is 5.75 Å². The summed E-state index contributed by atoms with van der Waals surface area (Å²) in [4.78, 5) is 11.8. The number of likely N-dealkylation sites (tertiary alicyclic amines) is 1. The SMILES string of the molecule is COc1ccc2nc(CN3CCCC(c4nccs4)C3)sc2c1. The van der Waals surface area contributed by atoms with Gasteiger partial charge in [-0.05, 0) is 37.6 Å². The van der Waals surface area contributed by atoms with Crippen LogP contribution in [0.2, 0.25) is 0 Å². The molecule has 0 saturated carbocycles. The van der Waals surface area contributed by atoms with Gasteiger partial charge in [0, 0.05) is 24.0 Å². The minimum atomic E-state index is 0.582. The maximum absolute atomic E-state index is 5.30. The molecule has 1 aliphatic rings. The average molecular weight is 345 g/mol. The van der Waals surface area contributed by atoms with Crippen molar-refractivity contribution in [3.05, 3.63) is 39.8 Å². The Morgan fingerprint density at radius 3 is 3.17 bits per heavy atom. The Balaban J connectivity index is 1.49. The smallest absolute Gasteiger partial charge is 0.120 e. The van der Waals surface area contributed by atoms with Gasteiger partial charge < -0.3 is 4.74 Å². The predicted octanol–water partition coefficient (Wildman–Crippen LogP) is 4.14. The molecule has 6 heteroatoms. The number of methoxy groups -OCH3 is 1. The molecule has 4 rings (SSSR count). The molecule has 3 aromatic rings. The number of thiazole rings is 2. The fourth-order valence-corrected chi connectivity index (χ4v) is 4.98. The van der Waals surface area contributed by atoms with E-state index in [9.17, 15) is 0 Å². The van der Waals surface area contributed by atoms with Crippen molar-refractivity contribution in [2.45, 2.75) is 25.3 Å². The quantitative estimate of drug-likeness (QED) is 0.712. The molecule has 1 aliphatic heterocycles. The van der Waals surface area contributed by atoms with E-state index in [0.717, 1.165) is 30.9 Å². The fraction of sp³-hybridized carbons (Fsp3) is 0.412. The van der Waals surface area contributed by atoms with Gasteiger partial charge >= 0.3 is 0 Å². The van der Waals surface area contributed by atoms with Crippen molar-refractivity contribution in [1.29, 1.82) is 0 Å². The second-order valence-electron chi connectivity index (χ2n) is 5.89. The summed E-state index contributed by atoms with van der Waals surface area (Å²) in [5, 5.41) is 4.55. The molecule has 0 aliphatic carbocycles. The number of piperidine rings is 1. The average Bonchev–Trinajstić information content (AvgIpc) is 3.23. The number of nitrogens with zero attached hydrogens (tertiary/aromatic N) is 3. The second-order valence-corrected chi connectivity index (χ2v) is 7.93. The van der Waals surface area contributed by atoms with E-state index in [1.165, 1.54) is 27.6 Å². The van der Waals surface area contributed by atoms with Crippen LogP contribution in [0.4, 0.5) is 0 Å². The third kappa shape index (κ3) is 3.24. The van der Waals surface area contributed by atoms with Gasteiger partial charge in [0.15, 0.2) is 0 Å². The minimum Gasteiger partial charge on any atom is -0.497 e. The number of ether oxygens (including phenoxy) is 1. The molecular formula is C17H19N3OS2. The van der Waals surface area contributed by atoms with Crippen molar-refractivity contribution >= 4 is 32.9 Å². The number of rotatable bonds is 4. The van der Waals surface area contributed by atoms with E-state index in [2.05, 4.69) is 21.3 Å². The summed E-state index contributed by atoms with van der Waals surface area (Å²) < 4.78 is 6.50. The largest absolute Gasteiger partial charge is 0.497 e. The molecule has 1 aromatic carbocycles. The highest BCUT2D eigenvalue weighted by Gasteiger charge is 2.23. The number of hydrogen-bond donors (Lipinski definition) is 0. The third-order valence-electron chi connectivity index (χ3n) is 4.30. The zero-order chi connectivity index (χ0) is 15.6.